The van der Waals surface area contributed by atoms with Gasteiger partial charge in [-0.1, -0.05) is 201 Å². The molecule has 0 aromatic heterocycles. The Hall–Kier alpha value is -7.58. The number of alkyl halides is 1. The summed E-state index contributed by atoms with van der Waals surface area (Å²) in [5.41, 5.74) is 23.6. The van der Waals surface area contributed by atoms with E-state index in [1.54, 1.807) is 12.1 Å². The molecule has 16 heteroatoms. The van der Waals surface area contributed by atoms with E-state index in [0.29, 0.717) is 30.9 Å². The Labute approximate surface area is 485 Å². The summed E-state index contributed by atoms with van der Waals surface area (Å²) in [7, 11) is 0. The monoisotopic (exact) mass is 1110 g/mol. The molecule has 6 aromatic carbocycles. The molecule has 0 spiro atoms. The fourth-order valence-electron chi connectivity index (χ4n) is 9.26. The Morgan fingerprint density at radius 1 is 0.654 bits per heavy atom. The minimum Gasteiger partial charge on any atom is -0.623 e. The molecule has 8 N–H and O–H groups in total. The number of rotatable bonds is 14. The van der Waals surface area contributed by atoms with Crippen molar-refractivity contribution < 1.29 is 14.7 Å². The predicted octanol–water partition coefficient (Wildman–Crippen LogP) is 8.80. The van der Waals surface area contributed by atoms with Crippen LogP contribution in [0.2, 0.25) is 0 Å². The summed E-state index contributed by atoms with van der Waals surface area (Å²) in [4.78, 5) is 10.9. The maximum absolute atomic E-state index is 10.9. The van der Waals surface area contributed by atoms with Crippen LogP contribution in [0.4, 0.5) is 0 Å². The first-order valence-corrected chi connectivity index (χ1v) is 27.9. The molecule has 0 unspecified atom stereocenters. The quantitative estimate of drug-likeness (QED) is 0.01000. The smallest absolute Gasteiger partial charge is 0.253 e. The molecular formula is C65H79ClN12O3. The largest absolute Gasteiger partial charge is 0.623 e. The van der Waals surface area contributed by atoms with Crippen LogP contribution in [0.25, 0.3) is 0 Å². The molecule has 6 aromatic rings. The predicted molar refractivity (Wildman–Crippen MR) is 323 cm³/mol. The Bertz CT molecular complexity index is 2800. The highest BCUT2D eigenvalue weighted by Gasteiger charge is 2.48. The van der Waals surface area contributed by atoms with Crippen molar-refractivity contribution in [2.45, 2.75) is 82.8 Å². The molecule has 3 aliphatic heterocycles. The van der Waals surface area contributed by atoms with Gasteiger partial charge in [-0.2, -0.15) is 30.8 Å². The van der Waals surface area contributed by atoms with Crippen LogP contribution in [0.3, 0.4) is 0 Å². The number of nitrogens with zero attached hydrogens (tertiary/aromatic N) is 8. The minimum atomic E-state index is -0.196. The van der Waals surface area contributed by atoms with Gasteiger partial charge in [-0.3, -0.25) is 14.6 Å². The van der Waals surface area contributed by atoms with Crippen LogP contribution in [0.15, 0.2) is 194 Å². The third-order valence-electron chi connectivity index (χ3n) is 13.3. The molecule has 81 heavy (non-hydrogen) atoms. The topological polar surface area (TPSA) is 250 Å². The van der Waals surface area contributed by atoms with Gasteiger partial charge in [-0.05, 0) is 40.7 Å². The molecule has 2 saturated heterocycles. The zero-order valence-electron chi connectivity index (χ0n) is 46.3. The molecule has 3 heterocycles. The van der Waals surface area contributed by atoms with Gasteiger partial charge >= 0.3 is 0 Å². The van der Waals surface area contributed by atoms with Gasteiger partial charge in [-0.25, -0.2) is 0 Å². The van der Waals surface area contributed by atoms with E-state index in [0.717, 1.165) is 76.9 Å². The first-order valence-electron chi connectivity index (χ1n) is 27.3. The molecule has 424 valence electrons. The van der Waals surface area contributed by atoms with Gasteiger partial charge in [0.05, 0.1) is 43.5 Å². The molecular weight excluding hydrogens is 1030 g/mol. The summed E-state index contributed by atoms with van der Waals surface area (Å²) in [6.45, 7) is 9.24. The number of nitriles is 4. The van der Waals surface area contributed by atoms with E-state index in [-0.39, 0.29) is 48.6 Å². The fraction of sp³-hybridized carbons (Fsp3) is 0.338. The number of aliphatic hydroxyl groups is 1. The zero-order valence-corrected chi connectivity index (χ0v) is 47.0. The third-order valence-corrected chi connectivity index (χ3v) is 13.4. The highest BCUT2D eigenvalue weighted by molar-refractivity contribution is 6.19. The van der Waals surface area contributed by atoms with Gasteiger partial charge in [0.1, 0.15) is 11.9 Å². The summed E-state index contributed by atoms with van der Waals surface area (Å²) in [5.74, 6) is 0.618. The lowest BCUT2D eigenvalue weighted by molar-refractivity contribution is -0.468. The van der Waals surface area contributed by atoms with E-state index in [4.69, 9.17) is 49.4 Å². The average Bonchev–Trinajstić information content (AvgIpc) is 4.41. The maximum atomic E-state index is 10.9. The van der Waals surface area contributed by atoms with Crippen molar-refractivity contribution in [3.05, 3.63) is 233 Å². The van der Waals surface area contributed by atoms with Crippen LogP contribution in [0.1, 0.15) is 52.6 Å². The number of nitrogens with one attached hydrogen (secondary N) is 1. The lowest BCUT2D eigenvalue weighted by Crippen LogP contribution is -2.40. The zero-order chi connectivity index (χ0) is 58.1. The minimum absolute atomic E-state index is 0.00231. The van der Waals surface area contributed by atoms with Gasteiger partial charge in [0.2, 0.25) is 0 Å². The third kappa shape index (κ3) is 26.5. The van der Waals surface area contributed by atoms with Crippen LogP contribution >= 0.6 is 11.6 Å². The number of aliphatic hydroxyl groups excluding tert-OH is 1. The van der Waals surface area contributed by atoms with E-state index in [1.807, 2.05) is 126 Å². The van der Waals surface area contributed by atoms with Gasteiger partial charge in [0.25, 0.3) is 6.21 Å². The number of likely N-dealkylation sites (tertiary alicyclic amines) is 1. The van der Waals surface area contributed by atoms with Crippen LogP contribution in [0.5, 0.6) is 0 Å². The van der Waals surface area contributed by atoms with Crippen molar-refractivity contribution >= 4 is 17.8 Å². The summed E-state index contributed by atoms with van der Waals surface area (Å²) >= 11 is 4.82. The number of hydroxylamine groups is 3. The lowest BCUT2D eigenvalue weighted by atomic mass is 9.97. The van der Waals surface area contributed by atoms with E-state index in [2.05, 4.69) is 100 Å². The fourth-order valence-corrected chi connectivity index (χ4v) is 9.26. The number of halogens is 1. The number of fused-ring (bicyclic) bond motifs is 1. The average molecular weight is 1110 g/mol. The molecule has 0 bridgehead atoms. The second kappa shape index (κ2) is 40.6. The highest BCUT2D eigenvalue weighted by Crippen LogP contribution is 2.35. The maximum Gasteiger partial charge on any atom is 0.253 e. The van der Waals surface area contributed by atoms with Crippen molar-refractivity contribution in [3.8, 4) is 24.3 Å². The summed E-state index contributed by atoms with van der Waals surface area (Å²) in [6.07, 6.45) is 8.37. The van der Waals surface area contributed by atoms with Crippen molar-refractivity contribution in [2.24, 2.45) is 29.0 Å². The molecule has 6 atom stereocenters. The van der Waals surface area contributed by atoms with Crippen molar-refractivity contribution in [1.29, 1.82) is 21.0 Å². The summed E-state index contributed by atoms with van der Waals surface area (Å²) in [5, 5.41) is 58.6. The van der Waals surface area contributed by atoms with Crippen LogP contribution in [-0.2, 0) is 44.1 Å². The Morgan fingerprint density at radius 3 is 1.54 bits per heavy atom. The molecule has 4 aliphatic rings. The molecule has 1 aliphatic carbocycles. The summed E-state index contributed by atoms with van der Waals surface area (Å²) in [6, 6.07) is 68.3. The van der Waals surface area contributed by atoms with Gasteiger partial charge in [0, 0.05) is 82.3 Å². The van der Waals surface area contributed by atoms with Crippen LogP contribution < -0.4 is 22.5 Å². The van der Waals surface area contributed by atoms with Crippen LogP contribution in [-0.4, -0.2) is 100 Å². The van der Waals surface area contributed by atoms with Crippen molar-refractivity contribution in [1.82, 2.24) is 20.2 Å². The van der Waals surface area contributed by atoms with E-state index >= 15 is 0 Å². The Balaban J connectivity index is 0.000000215. The lowest BCUT2D eigenvalue weighted by Gasteiger charge is -2.23. The Kier molecular flexibility index (Phi) is 33.0. The van der Waals surface area contributed by atoms with E-state index in [9.17, 15) is 15.6 Å². The molecule has 1 saturated carbocycles. The first-order chi connectivity index (χ1) is 39.6. The number of hydrogen-bond acceptors (Lipinski definition) is 14. The molecule has 15 nitrogen and oxygen atoms in total. The molecule has 10 rings (SSSR count). The van der Waals surface area contributed by atoms with E-state index in [1.165, 1.54) is 27.8 Å². The highest BCUT2D eigenvalue weighted by atomic mass is 35.5. The van der Waals surface area contributed by atoms with Gasteiger partial charge < -0.3 is 32.8 Å². The van der Waals surface area contributed by atoms with E-state index < -0.39 is 0 Å². The SMILES string of the molecule is C1=CCN(Cc2ccccc2)C1.N#CC=[N+]([O-])Cc1ccccc1.N#CCCl.N#CCNCc1ccccc1.N#C[C@@H]1[C@H]2CN(Cc3ccccc3)C[C@H]2ON1Cc1ccccc1.NC[C@@H](N)[C@H]1CCC[C@H]1O.NCc1ccccc1. The standard InChI is InChI=1S/C20H21N3O.C11H13N.C9H8N2O.C9H10N2.C7H16N2O.C7H9N.C2H2ClN/c21-11-19-18-14-22(12-16-7-3-1-4-8-16)15-20(18)24-23(19)13-17-9-5-2-6-10-17;1-2-6-11(7-3-1)10-12-8-4-5-9-12;10-6-7-11(12)8-9-4-2-1-3-5-9;10-6-7-11-8-9-4-2-1-3-5-9;8-4-6(9)5-2-1-3-7(5)10;8-6-7-4-2-1-3-5-7;3-1-2-4/h1-10,18-20H,12-15H2;1-7H,8-10H2;1-5,7H,8H2;1-5,11H,7-8H2;5-7,10H,1-4,8-9H2;1-5H,6,8H2;1H2/t18-,19-,20-;;;;5-,6-,7-;;/m1...1../s1. The second-order valence-corrected chi connectivity index (χ2v) is 19.6. The molecule has 3 fully saturated rings. The van der Waals surface area contributed by atoms with Gasteiger partial charge in [-0.15, -0.1) is 11.6 Å². The van der Waals surface area contributed by atoms with Crippen LogP contribution in [0, 0.1) is 62.4 Å². The molecule has 0 amide bonds. The summed E-state index contributed by atoms with van der Waals surface area (Å²) < 4.78 is 0.606. The normalized spacial score (nSPS) is 19.0. The number of nitrogens with two attached hydrogens (primary N) is 3. The number of hydrogen-bond donors (Lipinski definition) is 5. The van der Waals surface area contributed by atoms with Gasteiger partial charge in [0.15, 0.2) is 12.6 Å². The Morgan fingerprint density at radius 2 is 1.12 bits per heavy atom. The second-order valence-electron chi connectivity index (χ2n) is 19.4. The molecule has 0 radical (unpaired) electrons. The van der Waals surface area contributed by atoms with Crippen molar-refractivity contribution in [2.75, 3.05) is 45.1 Å². The number of benzene rings is 6. The first kappa shape index (κ1) is 65.9. The van der Waals surface area contributed by atoms with Crippen molar-refractivity contribution in [3.63, 3.8) is 0 Å².